The van der Waals surface area contributed by atoms with Gasteiger partial charge >= 0.3 is 0 Å². The Kier molecular flexibility index (Phi) is 6.23. The molecule has 156 valence electrons. The van der Waals surface area contributed by atoms with Gasteiger partial charge in [0.2, 0.25) is 5.91 Å². The first kappa shape index (κ1) is 20.7. The maximum absolute atomic E-state index is 13.2. The van der Waals surface area contributed by atoms with Crippen LogP contribution in [-0.2, 0) is 24.3 Å². The summed E-state index contributed by atoms with van der Waals surface area (Å²) in [6.07, 6.45) is 2.78. The molecule has 2 heterocycles. The molecule has 5 nitrogen and oxygen atoms in total. The van der Waals surface area contributed by atoms with Crippen molar-refractivity contribution in [2.75, 3.05) is 6.54 Å². The van der Waals surface area contributed by atoms with Crippen LogP contribution >= 0.6 is 11.8 Å². The zero-order chi connectivity index (χ0) is 21.1. The molecule has 3 aromatic rings. The number of thioether (sulfide) groups is 1. The third kappa shape index (κ3) is 4.15. The zero-order valence-corrected chi connectivity index (χ0v) is 18.3. The van der Waals surface area contributed by atoms with Gasteiger partial charge in [0.1, 0.15) is 0 Å². The van der Waals surface area contributed by atoms with E-state index in [0.29, 0.717) is 29.1 Å². The number of amides is 1. The molecule has 0 fully saturated rings. The van der Waals surface area contributed by atoms with Crippen LogP contribution in [-0.4, -0.2) is 32.2 Å². The molecule has 2 aromatic carbocycles. The van der Waals surface area contributed by atoms with Gasteiger partial charge in [-0.15, -0.1) is 0 Å². The van der Waals surface area contributed by atoms with E-state index in [1.54, 1.807) is 4.57 Å². The van der Waals surface area contributed by atoms with Gasteiger partial charge in [0.25, 0.3) is 5.56 Å². The summed E-state index contributed by atoms with van der Waals surface area (Å²) in [7, 11) is 0. The van der Waals surface area contributed by atoms with Gasteiger partial charge in [0.05, 0.1) is 16.2 Å². The SMILES string of the molecule is CCCCn1c(S[C@@H](C)C(=O)N2CCc3ccccc3C2)nc2ccccc2c1=O. The summed E-state index contributed by atoms with van der Waals surface area (Å²) in [5.74, 6) is 0.0963. The Morgan fingerprint density at radius 2 is 1.87 bits per heavy atom. The van der Waals surface area contributed by atoms with Crippen molar-refractivity contribution in [1.29, 1.82) is 0 Å². The zero-order valence-electron chi connectivity index (χ0n) is 17.5. The van der Waals surface area contributed by atoms with E-state index in [4.69, 9.17) is 4.98 Å². The van der Waals surface area contributed by atoms with Crippen molar-refractivity contribution in [2.45, 2.75) is 56.6 Å². The number of hydrogen-bond donors (Lipinski definition) is 0. The van der Waals surface area contributed by atoms with Crippen molar-refractivity contribution in [3.63, 3.8) is 0 Å². The molecule has 0 saturated heterocycles. The Balaban J connectivity index is 1.58. The molecule has 0 N–H and O–H groups in total. The van der Waals surface area contributed by atoms with Crippen LogP contribution in [0, 0.1) is 0 Å². The summed E-state index contributed by atoms with van der Waals surface area (Å²) in [5.41, 5.74) is 3.21. The number of unbranched alkanes of at least 4 members (excludes halogenated alkanes) is 1. The van der Waals surface area contributed by atoms with E-state index >= 15 is 0 Å². The van der Waals surface area contributed by atoms with E-state index < -0.39 is 0 Å². The normalized spacial score (nSPS) is 14.5. The van der Waals surface area contributed by atoms with Crippen molar-refractivity contribution in [1.82, 2.24) is 14.5 Å². The smallest absolute Gasteiger partial charge is 0.262 e. The molecule has 0 unspecified atom stereocenters. The van der Waals surface area contributed by atoms with Crippen LogP contribution in [0.25, 0.3) is 10.9 Å². The highest BCUT2D eigenvalue weighted by Gasteiger charge is 2.26. The van der Waals surface area contributed by atoms with Gasteiger partial charge in [-0.1, -0.05) is 61.5 Å². The van der Waals surface area contributed by atoms with E-state index in [1.807, 2.05) is 42.2 Å². The minimum Gasteiger partial charge on any atom is -0.337 e. The lowest BCUT2D eigenvalue weighted by molar-refractivity contribution is -0.131. The number of carbonyl (C=O) groups excluding carboxylic acids is 1. The Bertz CT molecular complexity index is 1120. The second-order valence-corrected chi connectivity index (χ2v) is 9.07. The summed E-state index contributed by atoms with van der Waals surface area (Å²) in [5, 5.41) is 0.950. The standard InChI is InChI=1S/C24H27N3O2S/c1-3-4-14-27-23(29)20-11-7-8-12-21(20)25-24(27)30-17(2)22(28)26-15-13-18-9-5-6-10-19(18)16-26/h5-12,17H,3-4,13-16H2,1-2H3/t17-/m0/s1. The quantitative estimate of drug-likeness (QED) is 0.441. The summed E-state index contributed by atoms with van der Waals surface area (Å²) in [6.45, 7) is 6.02. The summed E-state index contributed by atoms with van der Waals surface area (Å²) >= 11 is 1.39. The van der Waals surface area contributed by atoms with Crippen molar-refractivity contribution < 1.29 is 4.79 Å². The van der Waals surface area contributed by atoms with Gasteiger partial charge in [-0.2, -0.15) is 0 Å². The number of fused-ring (bicyclic) bond motifs is 2. The predicted octanol–water partition coefficient (Wildman–Crippen LogP) is 4.26. The molecule has 1 aromatic heterocycles. The van der Waals surface area contributed by atoms with E-state index in [1.165, 1.54) is 22.9 Å². The van der Waals surface area contributed by atoms with E-state index in [2.05, 4.69) is 25.1 Å². The molecule has 0 bridgehead atoms. The summed E-state index contributed by atoms with van der Waals surface area (Å²) in [6, 6.07) is 15.7. The lowest BCUT2D eigenvalue weighted by Crippen LogP contribution is -2.40. The van der Waals surface area contributed by atoms with E-state index in [9.17, 15) is 9.59 Å². The fourth-order valence-electron chi connectivity index (χ4n) is 3.90. The third-order valence-corrected chi connectivity index (χ3v) is 6.71. The number of aromatic nitrogens is 2. The fourth-order valence-corrected chi connectivity index (χ4v) is 4.92. The van der Waals surface area contributed by atoms with Crippen molar-refractivity contribution in [2.24, 2.45) is 0 Å². The van der Waals surface area contributed by atoms with Gasteiger partial charge in [-0.25, -0.2) is 4.98 Å². The van der Waals surface area contributed by atoms with Crippen LogP contribution in [0.5, 0.6) is 0 Å². The number of nitrogens with zero attached hydrogens (tertiary/aromatic N) is 3. The number of rotatable bonds is 6. The highest BCUT2D eigenvalue weighted by atomic mass is 32.2. The molecular formula is C24H27N3O2S. The third-order valence-electron chi connectivity index (χ3n) is 5.63. The maximum Gasteiger partial charge on any atom is 0.262 e. The molecule has 4 rings (SSSR count). The Hall–Kier alpha value is -2.60. The van der Waals surface area contributed by atoms with E-state index in [0.717, 1.165) is 25.8 Å². The topological polar surface area (TPSA) is 55.2 Å². The minimum absolute atomic E-state index is 0.0249. The molecule has 1 amide bonds. The lowest BCUT2D eigenvalue weighted by atomic mass is 10.00. The predicted molar refractivity (Wildman–Crippen MR) is 122 cm³/mol. The average Bonchev–Trinajstić information content (AvgIpc) is 2.78. The van der Waals surface area contributed by atoms with Gasteiger partial charge in [-0.05, 0) is 43.0 Å². The number of para-hydroxylation sites is 1. The molecule has 0 aliphatic carbocycles. The summed E-state index contributed by atoms with van der Waals surface area (Å²) < 4.78 is 1.74. The second kappa shape index (κ2) is 9.04. The molecular weight excluding hydrogens is 394 g/mol. The van der Waals surface area contributed by atoms with Crippen LogP contribution in [0.3, 0.4) is 0 Å². The van der Waals surface area contributed by atoms with E-state index in [-0.39, 0.29) is 16.7 Å². The second-order valence-electron chi connectivity index (χ2n) is 7.76. The monoisotopic (exact) mass is 421 g/mol. The molecule has 0 radical (unpaired) electrons. The molecule has 1 atom stereocenters. The van der Waals surface area contributed by atoms with Crippen molar-refractivity contribution >= 4 is 28.6 Å². The fraction of sp³-hybridized carbons (Fsp3) is 0.375. The van der Waals surface area contributed by atoms with Gasteiger partial charge < -0.3 is 4.90 Å². The molecule has 1 aliphatic rings. The van der Waals surface area contributed by atoms with Crippen LogP contribution < -0.4 is 5.56 Å². The maximum atomic E-state index is 13.2. The first-order chi connectivity index (χ1) is 14.6. The number of benzene rings is 2. The van der Waals surface area contributed by atoms with Gasteiger partial charge in [-0.3, -0.25) is 14.2 Å². The molecule has 0 spiro atoms. The lowest BCUT2D eigenvalue weighted by Gasteiger charge is -2.30. The Morgan fingerprint density at radius 3 is 2.67 bits per heavy atom. The largest absolute Gasteiger partial charge is 0.337 e. The Morgan fingerprint density at radius 1 is 1.13 bits per heavy atom. The van der Waals surface area contributed by atoms with Crippen LogP contribution in [0.2, 0.25) is 0 Å². The van der Waals surface area contributed by atoms with Gasteiger partial charge in [0.15, 0.2) is 5.16 Å². The average molecular weight is 422 g/mol. The number of hydrogen-bond acceptors (Lipinski definition) is 4. The van der Waals surface area contributed by atoms with Gasteiger partial charge in [0, 0.05) is 19.6 Å². The Labute approximate surface area is 181 Å². The van der Waals surface area contributed by atoms with Crippen molar-refractivity contribution in [3.05, 3.63) is 70.0 Å². The first-order valence-electron chi connectivity index (χ1n) is 10.6. The molecule has 6 heteroatoms. The first-order valence-corrected chi connectivity index (χ1v) is 11.5. The summed E-state index contributed by atoms with van der Waals surface area (Å²) in [4.78, 5) is 32.9. The molecule has 30 heavy (non-hydrogen) atoms. The highest BCUT2D eigenvalue weighted by molar-refractivity contribution is 8.00. The molecule has 1 aliphatic heterocycles. The van der Waals surface area contributed by atoms with Crippen LogP contribution in [0.1, 0.15) is 37.8 Å². The highest BCUT2D eigenvalue weighted by Crippen LogP contribution is 2.26. The molecule has 0 saturated carbocycles. The number of carbonyl (C=O) groups is 1. The van der Waals surface area contributed by atoms with Crippen molar-refractivity contribution in [3.8, 4) is 0 Å². The van der Waals surface area contributed by atoms with Crippen LogP contribution in [0.15, 0.2) is 58.5 Å². The minimum atomic E-state index is -0.309. The van der Waals surface area contributed by atoms with Crippen LogP contribution in [0.4, 0.5) is 0 Å².